The van der Waals surface area contributed by atoms with Crippen molar-refractivity contribution in [2.24, 2.45) is 0 Å². The van der Waals surface area contributed by atoms with E-state index in [0.717, 1.165) is 0 Å². The number of rotatable bonds is 7. The van der Waals surface area contributed by atoms with Gasteiger partial charge in [-0.05, 0) is 26.0 Å². The maximum Gasteiger partial charge on any atom is 0.342 e. The second-order valence-corrected chi connectivity index (χ2v) is 5.24. The number of hydrogen-bond donors (Lipinski definition) is 1. The Kier molecular flexibility index (Phi) is 6.02. The van der Waals surface area contributed by atoms with Crippen LogP contribution in [0.2, 0.25) is 0 Å². The molecule has 2 rings (SSSR count). The van der Waals surface area contributed by atoms with Gasteiger partial charge < -0.3 is 14.8 Å². The summed E-state index contributed by atoms with van der Waals surface area (Å²) in [6, 6.07) is 5.24. The molecule has 24 heavy (non-hydrogen) atoms. The first-order valence-corrected chi connectivity index (χ1v) is 7.44. The highest BCUT2D eigenvalue weighted by molar-refractivity contribution is 5.92. The Morgan fingerprint density at radius 3 is 2.83 bits per heavy atom. The summed E-state index contributed by atoms with van der Waals surface area (Å²) < 4.78 is 11.5. The lowest BCUT2D eigenvalue weighted by molar-refractivity contribution is -0.125. The van der Waals surface area contributed by atoms with Crippen molar-refractivity contribution < 1.29 is 19.1 Å². The Morgan fingerprint density at radius 2 is 2.17 bits per heavy atom. The van der Waals surface area contributed by atoms with Crippen LogP contribution >= 0.6 is 0 Å². The van der Waals surface area contributed by atoms with E-state index in [0.29, 0.717) is 23.7 Å². The topological polar surface area (TPSA) is 95.3 Å². The van der Waals surface area contributed by atoms with Crippen LogP contribution in [-0.4, -0.2) is 53.0 Å². The lowest BCUT2D eigenvalue weighted by atomic mass is 10.2. The molecule has 0 saturated carbocycles. The summed E-state index contributed by atoms with van der Waals surface area (Å²) in [5, 5.41) is 6.80. The van der Waals surface area contributed by atoms with Crippen molar-refractivity contribution in [2.75, 3.05) is 20.3 Å². The van der Waals surface area contributed by atoms with E-state index in [-0.39, 0.29) is 18.6 Å². The van der Waals surface area contributed by atoms with Crippen LogP contribution in [0.25, 0.3) is 5.82 Å². The van der Waals surface area contributed by atoms with Crippen molar-refractivity contribution in [3.05, 3.63) is 41.9 Å². The lowest BCUT2D eigenvalue weighted by Crippen LogP contribution is -2.38. The lowest BCUT2D eigenvalue weighted by Gasteiger charge is -2.12. The van der Waals surface area contributed by atoms with Crippen LogP contribution < -0.4 is 5.32 Å². The molecule has 8 heteroatoms. The highest BCUT2D eigenvalue weighted by atomic mass is 16.5. The summed E-state index contributed by atoms with van der Waals surface area (Å²) in [4.78, 5) is 28.0. The Hall–Kier alpha value is -2.74. The van der Waals surface area contributed by atoms with Gasteiger partial charge in [-0.25, -0.2) is 14.5 Å². The van der Waals surface area contributed by atoms with Crippen LogP contribution in [0.4, 0.5) is 0 Å². The normalized spacial score (nSPS) is 11.8. The molecule has 0 aliphatic rings. The van der Waals surface area contributed by atoms with Gasteiger partial charge in [0.2, 0.25) is 0 Å². The third kappa shape index (κ3) is 4.39. The molecule has 1 amide bonds. The van der Waals surface area contributed by atoms with Crippen LogP contribution in [0, 0.1) is 6.92 Å². The Morgan fingerprint density at radius 1 is 1.38 bits per heavy atom. The Bertz CT molecular complexity index is 699. The molecule has 0 saturated heterocycles. The minimum atomic E-state index is -0.607. The van der Waals surface area contributed by atoms with E-state index in [2.05, 4.69) is 15.4 Å². The first-order chi connectivity index (χ1) is 11.5. The highest BCUT2D eigenvalue weighted by Crippen LogP contribution is 2.13. The van der Waals surface area contributed by atoms with Gasteiger partial charge >= 0.3 is 5.97 Å². The number of pyridine rings is 1. The van der Waals surface area contributed by atoms with Crippen LogP contribution in [-0.2, 0) is 14.3 Å². The number of methoxy groups -OCH3 is 1. The van der Waals surface area contributed by atoms with E-state index < -0.39 is 5.97 Å². The van der Waals surface area contributed by atoms with Crippen LogP contribution in [0.5, 0.6) is 0 Å². The fourth-order valence-corrected chi connectivity index (χ4v) is 2.14. The molecule has 2 aromatic heterocycles. The minimum absolute atomic E-state index is 0.158. The molecule has 0 radical (unpaired) electrons. The third-order valence-electron chi connectivity index (χ3n) is 3.25. The summed E-state index contributed by atoms with van der Waals surface area (Å²) in [7, 11) is 1.55. The predicted octanol–water partition coefficient (Wildman–Crippen LogP) is 0.884. The van der Waals surface area contributed by atoms with E-state index in [4.69, 9.17) is 9.47 Å². The van der Waals surface area contributed by atoms with E-state index in [1.54, 1.807) is 39.3 Å². The first-order valence-electron chi connectivity index (χ1n) is 7.44. The quantitative estimate of drug-likeness (QED) is 0.756. The zero-order valence-electron chi connectivity index (χ0n) is 13.9. The summed E-state index contributed by atoms with van der Waals surface area (Å²) >= 11 is 0. The van der Waals surface area contributed by atoms with Gasteiger partial charge in [-0.1, -0.05) is 6.07 Å². The van der Waals surface area contributed by atoms with Crippen molar-refractivity contribution in [3.63, 3.8) is 0 Å². The molecule has 2 aromatic rings. The van der Waals surface area contributed by atoms with Crippen molar-refractivity contribution >= 4 is 11.9 Å². The van der Waals surface area contributed by atoms with Gasteiger partial charge in [0, 0.05) is 19.3 Å². The molecule has 1 atom stereocenters. The number of carbonyl (C=O) groups is 2. The maximum atomic E-state index is 12.1. The van der Waals surface area contributed by atoms with E-state index in [1.807, 2.05) is 6.07 Å². The standard InChI is InChI=1S/C16H20N4O4/c1-11(9-23-3)19-15(21)10-24-16(22)13-8-18-20(12(13)2)14-6-4-5-7-17-14/h4-8,11H,9-10H2,1-3H3,(H,19,21). The van der Waals surface area contributed by atoms with Crippen LogP contribution in [0.3, 0.4) is 0 Å². The molecule has 2 heterocycles. The number of ether oxygens (including phenoxy) is 2. The Labute approximate surface area is 139 Å². The molecule has 0 spiro atoms. The molecule has 0 aliphatic carbocycles. The van der Waals surface area contributed by atoms with Gasteiger partial charge in [0.15, 0.2) is 12.4 Å². The zero-order chi connectivity index (χ0) is 17.5. The summed E-state index contributed by atoms with van der Waals surface area (Å²) in [6.45, 7) is 3.56. The van der Waals surface area contributed by atoms with E-state index in [9.17, 15) is 9.59 Å². The molecule has 1 unspecified atom stereocenters. The first kappa shape index (κ1) is 17.6. The largest absolute Gasteiger partial charge is 0.452 e. The van der Waals surface area contributed by atoms with Gasteiger partial charge in [-0.3, -0.25) is 4.79 Å². The average Bonchev–Trinajstić information content (AvgIpc) is 2.95. The number of esters is 1. The molecule has 0 fully saturated rings. The molecular weight excluding hydrogens is 312 g/mol. The van der Waals surface area contributed by atoms with Gasteiger partial charge in [0.05, 0.1) is 18.5 Å². The van der Waals surface area contributed by atoms with Gasteiger partial charge in [0.25, 0.3) is 5.91 Å². The molecule has 0 aliphatic heterocycles. The van der Waals surface area contributed by atoms with Crippen LogP contribution in [0.1, 0.15) is 23.0 Å². The molecule has 128 valence electrons. The average molecular weight is 332 g/mol. The van der Waals surface area contributed by atoms with Gasteiger partial charge in [-0.15, -0.1) is 0 Å². The summed E-state index contributed by atoms with van der Waals surface area (Å²) in [5.41, 5.74) is 0.880. The molecule has 0 bridgehead atoms. The molecule has 1 N–H and O–H groups in total. The summed E-state index contributed by atoms with van der Waals surface area (Å²) in [5.74, 6) is -0.396. The minimum Gasteiger partial charge on any atom is -0.452 e. The number of hydrogen-bond acceptors (Lipinski definition) is 6. The van der Waals surface area contributed by atoms with Crippen LogP contribution in [0.15, 0.2) is 30.6 Å². The monoisotopic (exact) mass is 332 g/mol. The number of carbonyl (C=O) groups excluding carboxylic acids is 2. The zero-order valence-corrected chi connectivity index (χ0v) is 13.9. The van der Waals surface area contributed by atoms with Gasteiger partial charge in [0.1, 0.15) is 5.56 Å². The van der Waals surface area contributed by atoms with Crippen molar-refractivity contribution in [3.8, 4) is 5.82 Å². The smallest absolute Gasteiger partial charge is 0.342 e. The molecule has 0 aromatic carbocycles. The van der Waals surface area contributed by atoms with Crippen molar-refractivity contribution in [2.45, 2.75) is 19.9 Å². The molecular formula is C16H20N4O4. The van der Waals surface area contributed by atoms with E-state index in [1.165, 1.54) is 10.9 Å². The molecule has 8 nitrogen and oxygen atoms in total. The number of amides is 1. The van der Waals surface area contributed by atoms with Gasteiger partial charge in [-0.2, -0.15) is 5.10 Å². The van der Waals surface area contributed by atoms with Crippen molar-refractivity contribution in [1.82, 2.24) is 20.1 Å². The maximum absolute atomic E-state index is 12.1. The second-order valence-electron chi connectivity index (χ2n) is 5.24. The number of aromatic nitrogens is 3. The third-order valence-corrected chi connectivity index (χ3v) is 3.25. The van der Waals surface area contributed by atoms with Crippen molar-refractivity contribution in [1.29, 1.82) is 0 Å². The fourth-order valence-electron chi connectivity index (χ4n) is 2.14. The Balaban J connectivity index is 1.96. The number of nitrogens with one attached hydrogen (secondary N) is 1. The highest BCUT2D eigenvalue weighted by Gasteiger charge is 2.18. The van der Waals surface area contributed by atoms with E-state index >= 15 is 0 Å². The SMILES string of the molecule is COCC(C)NC(=O)COC(=O)c1cnn(-c2ccccn2)c1C. The second kappa shape index (κ2) is 8.21. The number of nitrogens with zero attached hydrogens (tertiary/aromatic N) is 3. The fraction of sp³-hybridized carbons (Fsp3) is 0.375. The predicted molar refractivity (Wildman–Crippen MR) is 85.9 cm³/mol. The summed E-state index contributed by atoms with van der Waals surface area (Å²) in [6.07, 6.45) is 3.04.